The number of benzene rings is 1. The Morgan fingerprint density at radius 3 is 2.74 bits per heavy atom. The number of anilines is 1. The summed E-state index contributed by atoms with van der Waals surface area (Å²) >= 11 is 5.51. The minimum absolute atomic E-state index is 0.0417. The zero-order valence-corrected chi connectivity index (χ0v) is 11.6. The van der Waals surface area contributed by atoms with Crippen LogP contribution in [0.5, 0.6) is 0 Å². The van der Waals surface area contributed by atoms with Crippen molar-refractivity contribution >= 4 is 29.1 Å². The van der Waals surface area contributed by atoms with Crippen LogP contribution in [0, 0.1) is 6.92 Å². The fraction of sp³-hybridized carbons (Fsp3) is 0.429. The third-order valence-electron chi connectivity index (χ3n) is 3.16. The minimum atomic E-state index is -0.121. The Morgan fingerprint density at radius 2 is 2.11 bits per heavy atom. The second-order valence-electron chi connectivity index (χ2n) is 4.75. The van der Waals surface area contributed by atoms with Gasteiger partial charge in [-0.25, -0.2) is 0 Å². The number of amides is 2. The molecular formula is C14H17ClN2O2. The van der Waals surface area contributed by atoms with E-state index in [9.17, 15) is 9.59 Å². The molecule has 2 amide bonds. The monoisotopic (exact) mass is 280 g/mol. The van der Waals surface area contributed by atoms with Gasteiger partial charge in [-0.1, -0.05) is 17.7 Å². The Bertz CT molecular complexity index is 473. The summed E-state index contributed by atoms with van der Waals surface area (Å²) in [6.07, 6.45) is 0.638. The molecule has 0 spiro atoms. The van der Waals surface area contributed by atoms with Gasteiger partial charge in [0.05, 0.1) is 6.04 Å². The van der Waals surface area contributed by atoms with Gasteiger partial charge < -0.3 is 10.2 Å². The molecule has 4 nitrogen and oxygen atoms in total. The quantitative estimate of drug-likeness (QED) is 0.856. The number of rotatable bonds is 4. The van der Waals surface area contributed by atoms with Crippen LogP contribution in [0.15, 0.2) is 24.3 Å². The van der Waals surface area contributed by atoms with Gasteiger partial charge in [0.25, 0.3) is 0 Å². The molecule has 1 N–H and O–H groups in total. The van der Waals surface area contributed by atoms with Crippen molar-refractivity contribution in [3.05, 3.63) is 29.8 Å². The molecule has 1 aliphatic heterocycles. The summed E-state index contributed by atoms with van der Waals surface area (Å²) in [6, 6.07) is 7.68. The fourth-order valence-corrected chi connectivity index (χ4v) is 2.34. The first-order chi connectivity index (χ1) is 9.10. The van der Waals surface area contributed by atoms with Crippen molar-refractivity contribution in [3.8, 4) is 0 Å². The Morgan fingerprint density at radius 1 is 1.42 bits per heavy atom. The summed E-state index contributed by atoms with van der Waals surface area (Å²) in [6.45, 7) is 2.53. The summed E-state index contributed by atoms with van der Waals surface area (Å²) in [4.78, 5) is 25.1. The lowest BCUT2D eigenvalue weighted by Crippen LogP contribution is -2.37. The van der Waals surface area contributed by atoms with Gasteiger partial charge >= 0.3 is 0 Å². The smallest absolute Gasteiger partial charge is 0.229 e. The molecule has 0 radical (unpaired) electrons. The van der Waals surface area contributed by atoms with E-state index in [1.165, 1.54) is 0 Å². The number of hydrogen-bond acceptors (Lipinski definition) is 2. The van der Waals surface area contributed by atoms with Gasteiger partial charge in [-0.2, -0.15) is 0 Å². The molecular weight excluding hydrogens is 264 g/mol. The lowest BCUT2D eigenvalue weighted by atomic mass is 10.2. The third-order valence-corrected chi connectivity index (χ3v) is 3.35. The van der Waals surface area contributed by atoms with E-state index in [2.05, 4.69) is 5.32 Å². The molecule has 1 atom stereocenters. The molecule has 0 saturated carbocycles. The first-order valence-electron chi connectivity index (χ1n) is 6.32. The molecule has 0 bridgehead atoms. The molecule has 5 heteroatoms. The van der Waals surface area contributed by atoms with Gasteiger partial charge in [-0.15, -0.1) is 11.6 Å². The van der Waals surface area contributed by atoms with Gasteiger partial charge in [0.1, 0.15) is 0 Å². The van der Waals surface area contributed by atoms with Crippen LogP contribution in [-0.2, 0) is 9.59 Å². The number of hydrogen-bond donors (Lipinski definition) is 1. The Labute approximate surface area is 117 Å². The van der Waals surface area contributed by atoms with Gasteiger partial charge in [0.15, 0.2) is 0 Å². The van der Waals surface area contributed by atoms with Crippen molar-refractivity contribution in [1.29, 1.82) is 0 Å². The molecule has 19 heavy (non-hydrogen) atoms. The van der Waals surface area contributed by atoms with Crippen LogP contribution in [0.25, 0.3) is 0 Å². The number of nitrogens with zero attached hydrogens (tertiary/aromatic N) is 1. The predicted molar refractivity (Wildman–Crippen MR) is 75.4 cm³/mol. The van der Waals surface area contributed by atoms with Gasteiger partial charge in [0.2, 0.25) is 11.8 Å². The highest BCUT2D eigenvalue weighted by atomic mass is 35.5. The van der Waals surface area contributed by atoms with Crippen LogP contribution in [0.3, 0.4) is 0 Å². The normalized spacial score (nSPS) is 18.7. The average Bonchev–Trinajstić information content (AvgIpc) is 2.71. The van der Waals surface area contributed by atoms with E-state index in [-0.39, 0.29) is 24.3 Å². The molecule has 1 aromatic carbocycles. The van der Waals surface area contributed by atoms with E-state index >= 15 is 0 Å². The van der Waals surface area contributed by atoms with Gasteiger partial charge in [0, 0.05) is 31.0 Å². The maximum absolute atomic E-state index is 12.0. The first kappa shape index (κ1) is 13.9. The fourth-order valence-electron chi connectivity index (χ4n) is 2.16. The van der Waals surface area contributed by atoms with E-state index in [1.807, 2.05) is 31.2 Å². The second kappa shape index (κ2) is 6.06. The maximum Gasteiger partial charge on any atom is 0.229 e. The van der Waals surface area contributed by atoms with Crippen molar-refractivity contribution < 1.29 is 9.59 Å². The molecule has 0 aliphatic carbocycles. The van der Waals surface area contributed by atoms with E-state index in [1.54, 1.807) is 4.90 Å². The van der Waals surface area contributed by atoms with Crippen molar-refractivity contribution in [2.24, 2.45) is 0 Å². The van der Waals surface area contributed by atoms with Gasteiger partial charge in [-0.3, -0.25) is 9.59 Å². The van der Waals surface area contributed by atoms with E-state index in [0.717, 1.165) is 11.3 Å². The average molecular weight is 281 g/mol. The van der Waals surface area contributed by atoms with Crippen molar-refractivity contribution in [2.75, 3.05) is 17.3 Å². The summed E-state index contributed by atoms with van der Waals surface area (Å²) in [5, 5.41) is 2.84. The minimum Gasteiger partial charge on any atom is -0.351 e. The van der Waals surface area contributed by atoms with Crippen LogP contribution in [0.4, 0.5) is 5.69 Å². The molecule has 102 valence electrons. The number of carbonyl (C=O) groups is 2. The van der Waals surface area contributed by atoms with Crippen LogP contribution >= 0.6 is 11.6 Å². The molecule has 1 aromatic rings. The van der Waals surface area contributed by atoms with Crippen LogP contribution in [0.2, 0.25) is 0 Å². The maximum atomic E-state index is 12.0. The largest absolute Gasteiger partial charge is 0.351 e. The lowest BCUT2D eigenvalue weighted by molar-refractivity contribution is -0.121. The second-order valence-corrected chi connectivity index (χ2v) is 5.13. The van der Waals surface area contributed by atoms with E-state index < -0.39 is 0 Å². The molecule has 1 saturated heterocycles. The third kappa shape index (κ3) is 3.47. The first-order valence-corrected chi connectivity index (χ1v) is 6.86. The highest BCUT2D eigenvalue weighted by Crippen LogP contribution is 2.21. The molecule has 1 heterocycles. The van der Waals surface area contributed by atoms with Crippen molar-refractivity contribution in [2.45, 2.75) is 25.8 Å². The summed E-state index contributed by atoms with van der Waals surface area (Å²) in [7, 11) is 0. The molecule has 0 unspecified atom stereocenters. The standard InChI is InChI=1S/C14H17ClN2O2/c1-10-2-4-12(5-3-10)17-9-11(8-14(17)19)16-13(18)6-7-15/h2-5,11H,6-9H2,1H3,(H,16,18)/t11-/m1/s1. The number of carbonyl (C=O) groups excluding carboxylic acids is 2. The SMILES string of the molecule is Cc1ccc(N2C[C@H](NC(=O)CCCl)CC2=O)cc1. The molecule has 2 rings (SSSR count). The number of nitrogens with one attached hydrogen (secondary N) is 1. The molecule has 0 aromatic heterocycles. The summed E-state index contributed by atoms with van der Waals surface area (Å²) < 4.78 is 0. The van der Waals surface area contributed by atoms with E-state index in [0.29, 0.717) is 18.8 Å². The van der Waals surface area contributed by atoms with Crippen molar-refractivity contribution in [3.63, 3.8) is 0 Å². The van der Waals surface area contributed by atoms with E-state index in [4.69, 9.17) is 11.6 Å². The zero-order chi connectivity index (χ0) is 13.8. The highest BCUT2D eigenvalue weighted by molar-refractivity contribution is 6.18. The lowest BCUT2D eigenvalue weighted by Gasteiger charge is -2.17. The van der Waals surface area contributed by atoms with Crippen LogP contribution in [-0.4, -0.2) is 30.3 Å². The van der Waals surface area contributed by atoms with Crippen LogP contribution < -0.4 is 10.2 Å². The predicted octanol–water partition coefficient (Wildman–Crippen LogP) is 1.85. The topological polar surface area (TPSA) is 49.4 Å². The Hall–Kier alpha value is -1.55. The van der Waals surface area contributed by atoms with Gasteiger partial charge in [-0.05, 0) is 19.1 Å². The number of alkyl halides is 1. The van der Waals surface area contributed by atoms with Crippen molar-refractivity contribution in [1.82, 2.24) is 5.32 Å². The highest BCUT2D eigenvalue weighted by Gasteiger charge is 2.31. The summed E-state index contributed by atoms with van der Waals surface area (Å²) in [5.41, 5.74) is 2.03. The number of aryl methyl sites for hydroxylation is 1. The summed E-state index contributed by atoms with van der Waals surface area (Å²) in [5.74, 6) is 0.243. The Kier molecular flexibility index (Phi) is 4.43. The Balaban J connectivity index is 1.99. The molecule has 1 fully saturated rings. The number of halogens is 1. The van der Waals surface area contributed by atoms with Crippen LogP contribution in [0.1, 0.15) is 18.4 Å². The zero-order valence-electron chi connectivity index (χ0n) is 10.9. The molecule has 1 aliphatic rings.